The molecule has 2 aromatic rings. The molecule has 1 aliphatic rings. The molecule has 0 atom stereocenters. The SMILES string of the molecule is Cc1cc(NC(=O)CN2CCc3nn(C(C)C)c(=O)cc3C2)n(C)n1. The minimum atomic E-state index is -0.0922. The van der Waals surface area contributed by atoms with E-state index in [-0.39, 0.29) is 24.1 Å². The molecule has 8 heteroatoms. The summed E-state index contributed by atoms with van der Waals surface area (Å²) in [7, 11) is 1.80. The molecule has 2 aromatic heterocycles. The summed E-state index contributed by atoms with van der Waals surface area (Å²) in [5, 5.41) is 11.6. The Kier molecular flexibility index (Phi) is 4.71. The lowest BCUT2D eigenvalue weighted by atomic mass is 10.1. The van der Waals surface area contributed by atoms with Gasteiger partial charge in [-0.2, -0.15) is 10.2 Å². The number of hydrogen-bond acceptors (Lipinski definition) is 5. The van der Waals surface area contributed by atoms with Gasteiger partial charge in [0.2, 0.25) is 5.91 Å². The molecule has 1 N–H and O–H groups in total. The second-order valence-corrected chi connectivity index (χ2v) is 6.80. The molecule has 0 saturated heterocycles. The van der Waals surface area contributed by atoms with Crippen LogP contribution in [-0.4, -0.2) is 43.5 Å². The Bertz CT molecular complexity index is 851. The minimum Gasteiger partial charge on any atom is -0.310 e. The lowest BCUT2D eigenvalue weighted by Crippen LogP contribution is -2.39. The smallest absolute Gasteiger partial charge is 0.267 e. The Hall–Kier alpha value is -2.48. The van der Waals surface area contributed by atoms with Crippen LogP contribution in [-0.2, 0) is 24.8 Å². The number of nitrogens with zero attached hydrogens (tertiary/aromatic N) is 5. The fourth-order valence-corrected chi connectivity index (χ4v) is 3.09. The van der Waals surface area contributed by atoms with Crippen LogP contribution in [0.5, 0.6) is 0 Å². The molecule has 0 fully saturated rings. The molecule has 0 unspecified atom stereocenters. The van der Waals surface area contributed by atoms with E-state index in [1.54, 1.807) is 17.8 Å². The zero-order chi connectivity index (χ0) is 18.1. The Labute approximate surface area is 146 Å². The van der Waals surface area contributed by atoms with Gasteiger partial charge in [-0.25, -0.2) is 4.68 Å². The quantitative estimate of drug-likeness (QED) is 0.889. The van der Waals surface area contributed by atoms with Crippen molar-refractivity contribution in [3.8, 4) is 0 Å². The van der Waals surface area contributed by atoms with Crippen molar-refractivity contribution in [2.45, 2.75) is 39.8 Å². The van der Waals surface area contributed by atoms with E-state index in [0.717, 1.165) is 29.9 Å². The number of fused-ring (bicyclic) bond motifs is 1. The summed E-state index contributed by atoms with van der Waals surface area (Å²) in [6.45, 7) is 7.36. The first-order chi connectivity index (χ1) is 11.8. The van der Waals surface area contributed by atoms with Gasteiger partial charge in [-0.15, -0.1) is 0 Å². The summed E-state index contributed by atoms with van der Waals surface area (Å²) in [6.07, 6.45) is 0.737. The number of rotatable bonds is 4. The zero-order valence-corrected chi connectivity index (χ0v) is 15.1. The normalized spacial score (nSPS) is 14.6. The topological polar surface area (TPSA) is 85.0 Å². The fraction of sp³-hybridized carbons (Fsp3) is 0.529. The number of anilines is 1. The van der Waals surface area contributed by atoms with Gasteiger partial charge in [0.25, 0.3) is 5.56 Å². The first-order valence-corrected chi connectivity index (χ1v) is 8.48. The fourth-order valence-electron chi connectivity index (χ4n) is 3.09. The third kappa shape index (κ3) is 3.79. The summed E-state index contributed by atoms with van der Waals surface area (Å²) in [5.41, 5.74) is 2.63. The Morgan fingerprint density at radius 1 is 1.32 bits per heavy atom. The summed E-state index contributed by atoms with van der Waals surface area (Å²) in [5.74, 6) is 0.594. The van der Waals surface area contributed by atoms with Crippen molar-refractivity contribution >= 4 is 11.7 Å². The lowest BCUT2D eigenvalue weighted by Gasteiger charge is -2.28. The maximum Gasteiger partial charge on any atom is 0.267 e. The van der Waals surface area contributed by atoms with E-state index in [0.29, 0.717) is 12.4 Å². The highest BCUT2D eigenvalue weighted by atomic mass is 16.2. The second-order valence-electron chi connectivity index (χ2n) is 6.80. The van der Waals surface area contributed by atoms with Crippen molar-refractivity contribution in [2.24, 2.45) is 7.05 Å². The molecular formula is C17H24N6O2. The van der Waals surface area contributed by atoms with E-state index in [2.05, 4.69) is 15.5 Å². The number of nitrogens with one attached hydrogen (secondary N) is 1. The van der Waals surface area contributed by atoms with Crippen LogP contribution < -0.4 is 10.9 Å². The average Bonchev–Trinajstić information content (AvgIpc) is 2.83. The molecule has 1 aliphatic heterocycles. The highest BCUT2D eigenvalue weighted by Gasteiger charge is 2.21. The molecule has 0 spiro atoms. The molecule has 25 heavy (non-hydrogen) atoms. The molecule has 134 valence electrons. The van der Waals surface area contributed by atoms with Crippen LogP contribution in [0.15, 0.2) is 16.9 Å². The highest BCUT2D eigenvalue weighted by Crippen LogP contribution is 2.16. The molecule has 3 rings (SSSR count). The first kappa shape index (κ1) is 17.3. The highest BCUT2D eigenvalue weighted by molar-refractivity contribution is 5.91. The van der Waals surface area contributed by atoms with Crippen LogP contribution in [0.2, 0.25) is 0 Å². The van der Waals surface area contributed by atoms with Gasteiger partial charge in [0, 0.05) is 38.7 Å². The van der Waals surface area contributed by atoms with Crippen molar-refractivity contribution in [3.05, 3.63) is 39.4 Å². The van der Waals surface area contributed by atoms with Gasteiger partial charge >= 0.3 is 0 Å². The molecule has 0 aromatic carbocycles. The number of aromatic nitrogens is 4. The Morgan fingerprint density at radius 2 is 2.08 bits per heavy atom. The predicted octanol–water partition coefficient (Wildman–Crippen LogP) is 0.863. The number of amides is 1. The molecular weight excluding hydrogens is 320 g/mol. The van der Waals surface area contributed by atoms with E-state index in [1.165, 1.54) is 4.68 Å². The van der Waals surface area contributed by atoms with Crippen LogP contribution in [0.25, 0.3) is 0 Å². The summed E-state index contributed by atoms with van der Waals surface area (Å²) in [4.78, 5) is 26.5. The zero-order valence-electron chi connectivity index (χ0n) is 15.1. The van der Waals surface area contributed by atoms with Crippen LogP contribution in [0.4, 0.5) is 5.82 Å². The summed E-state index contributed by atoms with van der Waals surface area (Å²) in [6, 6.07) is 3.53. The van der Waals surface area contributed by atoms with Crippen LogP contribution in [0, 0.1) is 6.92 Å². The van der Waals surface area contributed by atoms with Gasteiger partial charge in [0.1, 0.15) is 5.82 Å². The molecule has 3 heterocycles. The van der Waals surface area contributed by atoms with E-state index >= 15 is 0 Å². The van der Waals surface area contributed by atoms with Crippen LogP contribution in [0.3, 0.4) is 0 Å². The van der Waals surface area contributed by atoms with Crippen molar-refractivity contribution in [3.63, 3.8) is 0 Å². The third-order valence-corrected chi connectivity index (χ3v) is 4.31. The standard InChI is InChI=1S/C17H24N6O2/c1-11(2)23-17(25)8-13-9-22(6-5-14(13)20-23)10-16(24)18-15-7-12(3)19-21(15)4/h7-8,11H,5-6,9-10H2,1-4H3,(H,18,24). The maximum absolute atomic E-state index is 12.3. The van der Waals surface area contributed by atoms with Gasteiger partial charge in [-0.05, 0) is 26.3 Å². The van der Waals surface area contributed by atoms with Gasteiger partial charge in [-0.1, -0.05) is 0 Å². The molecule has 0 aliphatic carbocycles. The lowest BCUT2D eigenvalue weighted by molar-refractivity contribution is -0.117. The van der Waals surface area contributed by atoms with E-state index in [1.807, 2.05) is 31.7 Å². The molecule has 0 radical (unpaired) electrons. The van der Waals surface area contributed by atoms with Crippen molar-refractivity contribution in [1.82, 2.24) is 24.5 Å². The molecule has 0 bridgehead atoms. The minimum absolute atomic E-state index is 0.0453. The molecule has 1 amide bonds. The second kappa shape index (κ2) is 6.79. The van der Waals surface area contributed by atoms with Gasteiger partial charge in [-0.3, -0.25) is 19.2 Å². The third-order valence-electron chi connectivity index (χ3n) is 4.31. The van der Waals surface area contributed by atoms with Crippen LogP contribution >= 0.6 is 0 Å². The van der Waals surface area contributed by atoms with Crippen molar-refractivity contribution < 1.29 is 4.79 Å². The number of hydrogen-bond donors (Lipinski definition) is 1. The average molecular weight is 344 g/mol. The van der Waals surface area contributed by atoms with Gasteiger partial charge in [0.05, 0.1) is 24.0 Å². The van der Waals surface area contributed by atoms with Gasteiger partial charge in [0.15, 0.2) is 0 Å². The van der Waals surface area contributed by atoms with E-state index in [9.17, 15) is 9.59 Å². The number of carbonyl (C=O) groups excluding carboxylic acids is 1. The largest absolute Gasteiger partial charge is 0.310 e. The molecule has 8 nitrogen and oxygen atoms in total. The van der Waals surface area contributed by atoms with Gasteiger partial charge < -0.3 is 5.32 Å². The Morgan fingerprint density at radius 3 is 2.72 bits per heavy atom. The molecule has 0 saturated carbocycles. The number of carbonyl (C=O) groups is 1. The Balaban J connectivity index is 1.66. The summed E-state index contributed by atoms with van der Waals surface area (Å²) < 4.78 is 3.17. The number of aryl methyl sites for hydroxylation is 2. The van der Waals surface area contributed by atoms with Crippen molar-refractivity contribution in [1.29, 1.82) is 0 Å². The monoisotopic (exact) mass is 344 g/mol. The van der Waals surface area contributed by atoms with Crippen LogP contribution in [0.1, 0.15) is 36.8 Å². The first-order valence-electron chi connectivity index (χ1n) is 8.48. The predicted molar refractivity (Wildman–Crippen MR) is 94.4 cm³/mol. The summed E-state index contributed by atoms with van der Waals surface area (Å²) >= 11 is 0. The van der Waals surface area contributed by atoms with Crippen molar-refractivity contribution in [2.75, 3.05) is 18.4 Å². The van der Waals surface area contributed by atoms with E-state index in [4.69, 9.17) is 0 Å². The van der Waals surface area contributed by atoms with E-state index < -0.39 is 0 Å². The maximum atomic E-state index is 12.3.